The maximum absolute atomic E-state index is 11.9. The molecular weight excluding hydrogens is 286 g/mol. The van der Waals surface area contributed by atoms with Crippen LogP contribution in [0.1, 0.15) is 18.9 Å². The van der Waals surface area contributed by atoms with E-state index in [2.05, 4.69) is 18.8 Å². The number of rotatable bonds is 7. The van der Waals surface area contributed by atoms with E-state index in [0.717, 1.165) is 22.0 Å². The second-order valence-electron chi connectivity index (χ2n) is 5.12. The number of nitrogens with zero attached hydrogens (tertiary/aromatic N) is 1. The van der Waals surface area contributed by atoms with Crippen molar-refractivity contribution in [3.63, 3.8) is 0 Å². The van der Waals surface area contributed by atoms with E-state index in [1.165, 1.54) is 0 Å². The summed E-state index contributed by atoms with van der Waals surface area (Å²) in [5, 5.41) is 2.94. The number of hydrogen-bond donors (Lipinski definition) is 0. The highest BCUT2D eigenvalue weighted by atomic mass is 32.2. The molecule has 0 aliphatic rings. The van der Waals surface area contributed by atoms with Crippen LogP contribution in [0.4, 0.5) is 0 Å². The van der Waals surface area contributed by atoms with Gasteiger partial charge in [-0.25, -0.2) is 4.98 Å². The molecule has 4 heteroatoms. The van der Waals surface area contributed by atoms with Gasteiger partial charge in [-0.1, -0.05) is 44.2 Å². The maximum atomic E-state index is 11.9. The van der Waals surface area contributed by atoms with Crippen molar-refractivity contribution in [2.45, 2.75) is 20.3 Å². The van der Waals surface area contributed by atoms with Crippen LogP contribution in [-0.2, 0) is 11.2 Å². The number of benzene rings is 1. The lowest BCUT2D eigenvalue weighted by molar-refractivity contribution is -0.116. The summed E-state index contributed by atoms with van der Waals surface area (Å²) in [6.07, 6.45) is 0.461. The van der Waals surface area contributed by atoms with Gasteiger partial charge in [-0.3, -0.25) is 4.79 Å². The molecule has 1 aromatic heterocycles. The Hall–Kier alpha value is -1.13. The molecule has 0 aliphatic heterocycles. The highest BCUT2D eigenvalue weighted by Gasteiger charge is 2.09. The summed E-state index contributed by atoms with van der Waals surface area (Å²) in [6, 6.07) is 10.1. The fraction of sp³-hybridized carbons (Fsp3) is 0.375. The molecule has 2 rings (SSSR count). The average Bonchev–Trinajstić information content (AvgIpc) is 2.88. The van der Waals surface area contributed by atoms with Gasteiger partial charge in [0.15, 0.2) is 0 Å². The van der Waals surface area contributed by atoms with Crippen molar-refractivity contribution in [3.05, 3.63) is 40.7 Å². The second kappa shape index (κ2) is 7.60. The average molecular weight is 305 g/mol. The number of Topliss-reactive ketones (excluding diaryl/α,β-unsaturated/α-hetero) is 1. The zero-order valence-corrected chi connectivity index (χ0v) is 13.5. The van der Waals surface area contributed by atoms with Gasteiger partial charge in [-0.05, 0) is 11.7 Å². The number of thioether (sulfide) groups is 1. The van der Waals surface area contributed by atoms with E-state index in [1.807, 2.05) is 35.7 Å². The number of ketones is 1. The quantitative estimate of drug-likeness (QED) is 0.763. The van der Waals surface area contributed by atoms with Crippen molar-refractivity contribution >= 4 is 28.9 Å². The van der Waals surface area contributed by atoms with Crippen molar-refractivity contribution in [3.8, 4) is 11.3 Å². The molecule has 0 spiro atoms. The van der Waals surface area contributed by atoms with Crippen LogP contribution >= 0.6 is 23.1 Å². The van der Waals surface area contributed by atoms with Crippen molar-refractivity contribution in [1.82, 2.24) is 4.98 Å². The topological polar surface area (TPSA) is 30.0 Å². The molecule has 0 bridgehead atoms. The third kappa shape index (κ3) is 4.76. The third-order valence-corrected chi connectivity index (χ3v) is 4.96. The highest BCUT2D eigenvalue weighted by molar-refractivity contribution is 7.99. The van der Waals surface area contributed by atoms with Crippen LogP contribution in [0.5, 0.6) is 0 Å². The molecule has 0 saturated carbocycles. The summed E-state index contributed by atoms with van der Waals surface area (Å²) in [5.74, 6) is 2.54. The minimum atomic E-state index is 0.268. The Labute approximate surface area is 128 Å². The molecule has 1 aromatic carbocycles. The first-order chi connectivity index (χ1) is 9.65. The minimum absolute atomic E-state index is 0.268. The largest absolute Gasteiger partial charge is 0.298 e. The minimum Gasteiger partial charge on any atom is -0.298 e. The van der Waals surface area contributed by atoms with Gasteiger partial charge in [0.05, 0.1) is 17.9 Å². The highest BCUT2D eigenvalue weighted by Crippen LogP contribution is 2.22. The normalized spacial score (nSPS) is 10.9. The molecular formula is C16H19NOS2. The van der Waals surface area contributed by atoms with Gasteiger partial charge in [0, 0.05) is 10.9 Å². The number of thiazole rings is 1. The van der Waals surface area contributed by atoms with Gasteiger partial charge in [0.25, 0.3) is 0 Å². The van der Waals surface area contributed by atoms with E-state index < -0.39 is 0 Å². The van der Waals surface area contributed by atoms with Crippen LogP contribution in [0.15, 0.2) is 35.7 Å². The van der Waals surface area contributed by atoms with Gasteiger partial charge >= 0.3 is 0 Å². The molecule has 1 heterocycles. The molecule has 0 saturated heterocycles. The number of aromatic nitrogens is 1. The fourth-order valence-corrected chi connectivity index (χ4v) is 3.51. The Bertz CT molecular complexity index is 549. The molecule has 0 aliphatic carbocycles. The van der Waals surface area contributed by atoms with Crippen LogP contribution in [0.3, 0.4) is 0 Å². The Kier molecular flexibility index (Phi) is 5.80. The Balaban J connectivity index is 1.88. The number of carbonyl (C=O) groups excluding carboxylic acids is 1. The monoisotopic (exact) mass is 305 g/mol. The van der Waals surface area contributed by atoms with Crippen molar-refractivity contribution < 1.29 is 4.79 Å². The van der Waals surface area contributed by atoms with E-state index in [9.17, 15) is 4.79 Å². The molecule has 0 amide bonds. The van der Waals surface area contributed by atoms with E-state index in [4.69, 9.17) is 0 Å². The van der Waals surface area contributed by atoms with Crippen molar-refractivity contribution in [1.29, 1.82) is 0 Å². The van der Waals surface area contributed by atoms with Crippen LogP contribution in [0.25, 0.3) is 11.3 Å². The van der Waals surface area contributed by atoms with Gasteiger partial charge in [-0.2, -0.15) is 11.8 Å². The van der Waals surface area contributed by atoms with Crippen LogP contribution in [0.2, 0.25) is 0 Å². The van der Waals surface area contributed by atoms with E-state index >= 15 is 0 Å². The summed E-state index contributed by atoms with van der Waals surface area (Å²) < 4.78 is 0. The molecule has 20 heavy (non-hydrogen) atoms. The van der Waals surface area contributed by atoms with Gasteiger partial charge in [-0.15, -0.1) is 11.3 Å². The Morgan fingerprint density at radius 1 is 1.30 bits per heavy atom. The molecule has 2 aromatic rings. The lowest BCUT2D eigenvalue weighted by atomic mass is 10.2. The van der Waals surface area contributed by atoms with Crippen molar-refractivity contribution in [2.75, 3.05) is 11.5 Å². The SMILES string of the molecule is CC(C)CSCC(=O)Cc1nc(-c2ccccc2)cs1. The zero-order chi connectivity index (χ0) is 14.4. The summed E-state index contributed by atoms with van der Waals surface area (Å²) in [5.41, 5.74) is 2.07. The van der Waals surface area contributed by atoms with E-state index in [1.54, 1.807) is 23.1 Å². The second-order valence-corrected chi connectivity index (χ2v) is 7.09. The molecule has 2 nitrogen and oxygen atoms in total. The first-order valence-corrected chi connectivity index (χ1v) is 8.78. The standard InChI is InChI=1S/C16H19NOS2/c1-12(2)9-19-10-14(18)8-16-17-15(11-20-16)13-6-4-3-5-7-13/h3-7,11-12H,8-10H2,1-2H3. The molecule has 0 radical (unpaired) electrons. The van der Waals surface area contributed by atoms with Crippen LogP contribution in [-0.4, -0.2) is 22.3 Å². The van der Waals surface area contributed by atoms with Gasteiger partial charge in [0.1, 0.15) is 10.8 Å². The first kappa shape index (κ1) is 15.3. The van der Waals surface area contributed by atoms with Crippen LogP contribution < -0.4 is 0 Å². The fourth-order valence-electron chi connectivity index (χ4n) is 1.76. The molecule has 0 fully saturated rings. The molecule has 106 valence electrons. The molecule has 0 atom stereocenters. The van der Waals surface area contributed by atoms with Crippen LogP contribution in [0, 0.1) is 5.92 Å². The first-order valence-electron chi connectivity index (χ1n) is 6.74. The smallest absolute Gasteiger partial charge is 0.149 e. The lowest BCUT2D eigenvalue weighted by Crippen LogP contribution is -2.07. The predicted octanol–water partition coefficient (Wildman–Crippen LogP) is 4.31. The zero-order valence-electron chi connectivity index (χ0n) is 11.8. The van der Waals surface area contributed by atoms with Gasteiger partial charge in [0.2, 0.25) is 0 Å². The Morgan fingerprint density at radius 3 is 2.75 bits per heavy atom. The maximum Gasteiger partial charge on any atom is 0.149 e. The van der Waals surface area contributed by atoms with Gasteiger partial charge < -0.3 is 0 Å². The molecule has 0 N–H and O–H groups in total. The summed E-state index contributed by atoms with van der Waals surface area (Å²) >= 11 is 3.29. The third-order valence-electron chi connectivity index (χ3n) is 2.68. The Morgan fingerprint density at radius 2 is 2.05 bits per heavy atom. The summed E-state index contributed by atoms with van der Waals surface area (Å²) in [4.78, 5) is 16.4. The number of hydrogen-bond acceptors (Lipinski definition) is 4. The van der Waals surface area contributed by atoms with E-state index in [-0.39, 0.29) is 5.78 Å². The van der Waals surface area contributed by atoms with Crippen molar-refractivity contribution in [2.24, 2.45) is 5.92 Å². The lowest BCUT2D eigenvalue weighted by Gasteiger charge is -2.02. The summed E-state index contributed by atoms with van der Waals surface area (Å²) in [6.45, 7) is 4.34. The van der Waals surface area contributed by atoms with E-state index in [0.29, 0.717) is 18.1 Å². The predicted molar refractivity (Wildman–Crippen MR) is 88.4 cm³/mol. The molecule has 0 unspecified atom stereocenters. The summed E-state index contributed by atoms with van der Waals surface area (Å²) in [7, 11) is 0. The number of carbonyl (C=O) groups is 1.